The van der Waals surface area contributed by atoms with E-state index >= 15 is 0 Å². The summed E-state index contributed by atoms with van der Waals surface area (Å²) in [4.78, 5) is 14.7. The zero-order chi connectivity index (χ0) is 19.3. The summed E-state index contributed by atoms with van der Waals surface area (Å²) in [5.41, 5.74) is 1.61. The molecule has 0 aliphatic carbocycles. The van der Waals surface area contributed by atoms with Gasteiger partial charge in [-0.2, -0.15) is 0 Å². The minimum Gasteiger partial charge on any atom is -0.485 e. The molecule has 1 amide bonds. The van der Waals surface area contributed by atoms with Gasteiger partial charge in [-0.05, 0) is 42.7 Å². The van der Waals surface area contributed by atoms with Crippen molar-refractivity contribution in [2.75, 3.05) is 26.2 Å². The highest BCUT2D eigenvalue weighted by Crippen LogP contribution is 2.26. The minimum absolute atomic E-state index is 0.0593. The van der Waals surface area contributed by atoms with Crippen LogP contribution in [0, 0.1) is 5.82 Å². The van der Waals surface area contributed by atoms with E-state index in [9.17, 15) is 9.18 Å². The number of amides is 1. The molecule has 2 aromatic rings. The summed E-state index contributed by atoms with van der Waals surface area (Å²) in [5.74, 6) is 0.255. The van der Waals surface area contributed by atoms with Gasteiger partial charge in [0.2, 0.25) is 0 Å². The highest BCUT2D eigenvalue weighted by molar-refractivity contribution is 5.96. The third kappa shape index (κ3) is 4.51. The van der Waals surface area contributed by atoms with Gasteiger partial charge in [0.25, 0.3) is 5.91 Å². The Bertz CT molecular complexity index is 812. The van der Waals surface area contributed by atoms with Crippen LogP contribution in [-0.4, -0.2) is 49.3 Å². The molecule has 2 aliphatic rings. The largest absolute Gasteiger partial charge is 0.485 e. The monoisotopic (exact) mass is 384 g/mol. The van der Waals surface area contributed by atoms with Gasteiger partial charge in [-0.25, -0.2) is 4.39 Å². The highest BCUT2D eigenvalue weighted by atomic mass is 19.1. The van der Waals surface area contributed by atoms with E-state index in [-0.39, 0.29) is 23.9 Å². The van der Waals surface area contributed by atoms with Gasteiger partial charge < -0.3 is 14.8 Å². The number of carbonyl (C=O) groups excluding carboxylic acids is 1. The van der Waals surface area contributed by atoms with Crippen LogP contribution in [-0.2, 0) is 11.3 Å². The highest BCUT2D eigenvalue weighted by Gasteiger charge is 2.36. The number of benzene rings is 2. The summed E-state index contributed by atoms with van der Waals surface area (Å²) in [5, 5.41) is 2.95. The molecule has 2 aromatic carbocycles. The van der Waals surface area contributed by atoms with Crippen LogP contribution in [0.15, 0.2) is 48.5 Å². The maximum Gasteiger partial charge on any atom is 0.255 e. The molecule has 0 spiro atoms. The quantitative estimate of drug-likeness (QED) is 0.865. The lowest BCUT2D eigenvalue weighted by Gasteiger charge is -2.23. The molecular formula is C22H25FN2O3. The second-order valence-electron chi connectivity index (χ2n) is 7.35. The van der Waals surface area contributed by atoms with Crippen LogP contribution in [0.2, 0.25) is 0 Å². The Morgan fingerprint density at radius 1 is 1.04 bits per heavy atom. The van der Waals surface area contributed by atoms with Crippen molar-refractivity contribution in [3.8, 4) is 5.75 Å². The predicted molar refractivity (Wildman–Crippen MR) is 104 cm³/mol. The molecule has 28 heavy (non-hydrogen) atoms. The van der Waals surface area contributed by atoms with E-state index in [4.69, 9.17) is 9.47 Å². The molecule has 0 bridgehead atoms. The Kier molecular flexibility index (Phi) is 5.88. The maximum atomic E-state index is 13.2. The van der Waals surface area contributed by atoms with Crippen LogP contribution in [0.25, 0.3) is 0 Å². The van der Waals surface area contributed by atoms with E-state index in [2.05, 4.69) is 10.2 Å². The summed E-state index contributed by atoms with van der Waals surface area (Å²) in [6.45, 7) is 3.42. The number of halogens is 1. The van der Waals surface area contributed by atoms with Gasteiger partial charge in [-0.1, -0.05) is 24.3 Å². The smallest absolute Gasteiger partial charge is 0.255 e. The molecule has 4 rings (SSSR count). The molecule has 6 heteroatoms. The first-order valence-corrected chi connectivity index (χ1v) is 9.81. The van der Waals surface area contributed by atoms with E-state index in [1.165, 1.54) is 12.1 Å². The average molecular weight is 384 g/mol. The van der Waals surface area contributed by atoms with Gasteiger partial charge in [0, 0.05) is 32.8 Å². The zero-order valence-corrected chi connectivity index (χ0v) is 15.8. The number of hydrogen-bond acceptors (Lipinski definition) is 4. The molecule has 0 aromatic heterocycles. The number of likely N-dealkylation sites (tertiary alicyclic amines) is 1. The predicted octanol–water partition coefficient (Wildman–Crippen LogP) is 3.00. The summed E-state index contributed by atoms with van der Waals surface area (Å²) in [7, 11) is 0. The maximum absolute atomic E-state index is 13.2. The number of rotatable bonds is 2. The molecule has 148 valence electrons. The number of nitrogens with zero attached hydrogens (tertiary/aromatic N) is 1. The van der Waals surface area contributed by atoms with E-state index in [1.54, 1.807) is 6.07 Å². The molecule has 2 atom stereocenters. The van der Waals surface area contributed by atoms with E-state index < -0.39 is 0 Å². The normalized spacial score (nSPS) is 23.5. The fourth-order valence-corrected chi connectivity index (χ4v) is 3.75. The van der Waals surface area contributed by atoms with Crippen LogP contribution in [0.4, 0.5) is 4.39 Å². The van der Waals surface area contributed by atoms with Crippen LogP contribution >= 0.6 is 0 Å². The lowest BCUT2D eigenvalue weighted by Crippen LogP contribution is -2.34. The van der Waals surface area contributed by atoms with Gasteiger partial charge in [-0.3, -0.25) is 9.69 Å². The lowest BCUT2D eigenvalue weighted by atomic mass is 10.1. The molecule has 0 unspecified atom stereocenters. The summed E-state index contributed by atoms with van der Waals surface area (Å²) >= 11 is 0. The molecule has 1 fully saturated rings. The van der Waals surface area contributed by atoms with Crippen LogP contribution in [0.5, 0.6) is 5.75 Å². The summed E-state index contributed by atoms with van der Waals surface area (Å²) in [6, 6.07) is 13.9. The van der Waals surface area contributed by atoms with Gasteiger partial charge in [0.05, 0.1) is 5.56 Å². The average Bonchev–Trinajstić information content (AvgIpc) is 3.06. The van der Waals surface area contributed by atoms with Crippen molar-refractivity contribution >= 4 is 5.91 Å². The number of nitrogens with one attached hydrogen (secondary N) is 1. The molecule has 5 nitrogen and oxygen atoms in total. The standard InChI is InChI=1S/C22H25FN2O3/c23-17-9-7-16(8-10-17)13-25-14-20-21(15-25)28-19-6-2-1-5-18(19)22(26)24-11-3-4-12-27-20/h1-2,5-10,20-21H,3-4,11-15H2,(H,24,26)/t20-,21+/m0/s1. The van der Waals surface area contributed by atoms with Crippen LogP contribution in [0.3, 0.4) is 0 Å². The van der Waals surface area contributed by atoms with Crippen molar-refractivity contribution in [3.05, 3.63) is 65.5 Å². The molecule has 1 N–H and O–H groups in total. The third-order valence-electron chi connectivity index (χ3n) is 5.21. The lowest BCUT2D eigenvalue weighted by molar-refractivity contribution is -0.000373. The Hall–Kier alpha value is -2.44. The van der Waals surface area contributed by atoms with E-state index in [0.29, 0.717) is 37.6 Å². The molecule has 1 saturated heterocycles. The number of ether oxygens (including phenoxy) is 2. The molecule has 0 radical (unpaired) electrons. The second-order valence-corrected chi connectivity index (χ2v) is 7.35. The van der Waals surface area contributed by atoms with Crippen molar-refractivity contribution in [1.82, 2.24) is 10.2 Å². The van der Waals surface area contributed by atoms with Crippen LogP contribution < -0.4 is 10.1 Å². The van der Waals surface area contributed by atoms with Crippen molar-refractivity contribution in [2.24, 2.45) is 0 Å². The van der Waals surface area contributed by atoms with Crippen molar-refractivity contribution in [2.45, 2.75) is 31.6 Å². The van der Waals surface area contributed by atoms with Crippen molar-refractivity contribution < 1.29 is 18.7 Å². The molecule has 0 saturated carbocycles. The fourth-order valence-electron chi connectivity index (χ4n) is 3.75. The van der Waals surface area contributed by atoms with Crippen molar-refractivity contribution in [3.63, 3.8) is 0 Å². The number of fused-ring (bicyclic) bond motifs is 2. The third-order valence-corrected chi connectivity index (χ3v) is 5.21. The first kappa shape index (κ1) is 18.9. The van der Waals surface area contributed by atoms with Gasteiger partial charge in [-0.15, -0.1) is 0 Å². The Labute approximate surface area is 164 Å². The second kappa shape index (κ2) is 8.71. The number of para-hydroxylation sites is 1. The number of carbonyl (C=O) groups is 1. The molecule has 2 aliphatic heterocycles. The Balaban J connectivity index is 1.52. The first-order chi connectivity index (χ1) is 13.7. The van der Waals surface area contributed by atoms with Crippen LogP contribution in [0.1, 0.15) is 28.8 Å². The minimum atomic E-state index is -0.229. The molecular weight excluding hydrogens is 359 g/mol. The Morgan fingerprint density at radius 3 is 2.68 bits per heavy atom. The van der Waals surface area contributed by atoms with E-state index in [0.717, 1.165) is 24.9 Å². The first-order valence-electron chi connectivity index (χ1n) is 9.81. The van der Waals surface area contributed by atoms with Gasteiger partial charge in [0.15, 0.2) is 0 Å². The zero-order valence-electron chi connectivity index (χ0n) is 15.8. The number of hydrogen-bond donors (Lipinski definition) is 1. The summed E-state index contributed by atoms with van der Waals surface area (Å²) < 4.78 is 25.6. The topological polar surface area (TPSA) is 50.8 Å². The SMILES string of the molecule is O=C1NCCCCO[C@H]2CN(Cc3ccc(F)cc3)C[C@H]2Oc2ccccc21. The van der Waals surface area contributed by atoms with E-state index in [1.807, 2.05) is 30.3 Å². The van der Waals surface area contributed by atoms with Crippen molar-refractivity contribution in [1.29, 1.82) is 0 Å². The summed E-state index contributed by atoms with van der Waals surface area (Å²) in [6.07, 6.45) is 1.55. The van der Waals surface area contributed by atoms with Gasteiger partial charge >= 0.3 is 0 Å². The fraction of sp³-hybridized carbons (Fsp3) is 0.409. The molecule has 2 heterocycles. The Morgan fingerprint density at radius 2 is 1.82 bits per heavy atom. The van der Waals surface area contributed by atoms with Gasteiger partial charge in [0.1, 0.15) is 23.8 Å².